The van der Waals surface area contributed by atoms with Crippen LogP contribution in [0.3, 0.4) is 0 Å². The van der Waals surface area contributed by atoms with Gasteiger partial charge in [-0.2, -0.15) is 0 Å². The van der Waals surface area contributed by atoms with Gasteiger partial charge in [-0.05, 0) is 19.3 Å². The van der Waals surface area contributed by atoms with Gasteiger partial charge in [0.05, 0.1) is 0 Å². The molecular formula is C24H52N2. The van der Waals surface area contributed by atoms with Crippen molar-refractivity contribution in [2.75, 3.05) is 6.54 Å². The molecule has 0 aliphatic heterocycles. The predicted molar refractivity (Wildman–Crippen MR) is 119 cm³/mol. The molecule has 0 saturated carbocycles. The van der Waals surface area contributed by atoms with Crippen LogP contribution in [0.25, 0.3) is 0 Å². The van der Waals surface area contributed by atoms with E-state index < -0.39 is 0 Å². The van der Waals surface area contributed by atoms with Gasteiger partial charge in [0.25, 0.3) is 0 Å². The van der Waals surface area contributed by atoms with Crippen LogP contribution in [0.15, 0.2) is 0 Å². The summed E-state index contributed by atoms with van der Waals surface area (Å²) in [6.07, 6.45) is 26.1. The van der Waals surface area contributed by atoms with Crippen molar-refractivity contribution in [2.45, 2.75) is 149 Å². The lowest BCUT2D eigenvalue weighted by atomic mass is 9.99. The van der Waals surface area contributed by atoms with E-state index in [1.54, 1.807) is 0 Å². The fourth-order valence-electron chi connectivity index (χ4n) is 3.88. The second kappa shape index (κ2) is 21.2. The minimum Gasteiger partial charge on any atom is -0.269 e. The van der Waals surface area contributed by atoms with Crippen molar-refractivity contribution in [3.05, 3.63) is 0 Å². The standard InChI is InChI=1S/C24H52N2/c1-4-7-10-13-14-15-16-17-19-22-24(21-18-11-8-5-2)26(25)23-20-12-9-6-3/h24H,4-23,25H2,1-3H3. The first kappa shape index (κ1) is 25.9. The van der Waals surface area contributed by atoms with Gasteiger partial charge in [-0.3, -0.25) is 5.84 Å². The highest BCUT2D eigenvalue weighted by molar-refractivity contribution is 4.68. The predicted octanol–water partition coefficient (Wildman–Crippen LogP) is 8.00. The highest BCUT2D eigenvalue weighted by Crippen LogP contribution is 2.17. The first-order valence-electron chi connectivity index (χ1n) is 12.3. The Hall–Kier alpha value is -0.0800. The summed E-state index contributed by atoms with van der Waals surface area (Å²) >= 11 is 0. The summed E-state index contributed by atoms with van der Waals surface area (Å²) < 4.78 is 0. The Labute approximate surface area is 166 Å². The van der Waals surface area contributed by atoms with Crippen molar-refractivity contribution in [1.82, 2.24) is 5.01 Å². The number of hydrogen-bond acceptors (Lipinski definition) is 2. The topological polar surface area (TPSA) is 29.3 Å². The molecule has 0 aromatic heterocycles. The minimum atomic E-state index is 0.623. The molecule has 0 rings (SSSR count). The summed E-state index contributed by atoms with van der Waals surface area (Å²) in [5.41, 5.74) is 0. The summed E-state index contributed by atoms with van der Waals surface area (Å²) in [5, 5.41) is 2.20. The van der Waals surface area contributed by atoms with E-state index in [2.05, 4.69) is 25.8 Å². The molecule has 0 aromatic rings. The van der Waals surface area contributed by atoms with E-state index in [9.17, 15) is 0 Å². The fourth-order valence-corrected chi connectivity index (χ4v) is 3.88. The molecular weight excluding hydrogens is 316 g/mol. The quantitative estimate of drug-likeness (QED) is 0.126. The number of nitrogens with zero attached hydrogens (tertiary/aromatic N) is 1. The maximum absolute atomic E-state index is 6.46. The average molecular weight is 369 g/mol. The van der Waals surface area contributed by atoms with Crippen LogP contribution in [0.2, 0.25) is 0 Å². The number of unbranched alkanes of at least 4 members (excludes halogenated alkanes) is 14. The van der Waals surface area contributed by atoms with Crippen LogP contribution >= 0.6 is 0 Å². The molecule has 0 saturated heterocycles. The zero-order chi connectivity index (χ0) is 19.3. The molecule has 0 aliphatic carbocycles. The summed E-state index contributed by atoms with van der Waals surface area (Å²) in [5.74, 6) is 6.46. The van der Waals surface area contributed by atoms with Crippen molar-refractivity contribution < 1.29 is 0 Å². The summed E-state index contributed by atoms with van der Waals surface area (Å²) in [6, 6.07) is 0.623. The Morgan fingerprint density at radius 3 is 1.31 bits per heavy atom. The summed E-state index contributed by atoms with van der Waals surface area (Å²) in [7, 11) is 0. The lowest BCUT2D eigenvalue weighted by molar-refractivity contribution is 0.170. The van der Waals surface area contributed by atoms with Gasteiger partial charge in [0.1, 0.15) is 0 Å². The Kier molecular flexibility index (Phi) is 21.2. The second-order valence-electron chi connectivity index (χ2n) is 8.42. The normalized spacial score (nSPS) is 12.8. The highest BCUT2D eigenvalue weighted by Gasteiger charge is 2.14. The summed E-state index contributed by atoms with van der Waals surface area (Å²) in [4.78, 5) is 0. The lowest BCUT2D eigenvalue weighted by Crippen LogP contribution is -2.41. The van der Waals surface area contributed by atoms with E-state index in [1.807, 2.05) is 0 Å². The first-order chi connectivity index (χ1) is 12.8. The highest BCUT2D eigenvalue weighted by atomic mass is 15.4. The van der Waals surface area contributed by atoms with Gasteiger partial charge in [0.15, 0.2) is 0 Å². The van der Waals surface area contributed by atoms with Gasteiger partial charge >= 0.3 is 0 Å². The molecule has 158 valence electrons. The van der Waals surface area contributed by atoms with Gasteiger partial charge in [-0.1, -0.05) is 124 Å². The van der Waals surface area contributed by atoms with Crippen molar-refractivity contribution in [3.8, 4) is 0 Å². The van der Waals surface area contributed by atoms with E-state index in [1.165, 1.54) is 122 Å². The summed E-state index contributed by atoms with van der Waals surface area (Å²) in [6.45, 7) is 7.96. The molecule has 2 heteroatoms. The van der Waals surface area contributed by atoms with E-state index in [0.717, 1.165) is 6.54 Å². The molecule has 0 heterocycles. The van der Waals surface area contributed by atoms with Crippen molar-refractivity contribution in [3.63, 3.8) is 0 Å². The van der Waals surface area contributed by atoms with Crippen LogP contribution in [0, 0.1) is 0 Å². The molecule has 0 bridgehead atoms. The Bertz CT molecular complexity index is 255. The van der Waals surface area contributed by atoms with Crippen molar-refractivity contribution in [2.24, 2.45) is 5.84 Å². The maximum atomic E-state index is 6.46. The van der Waals surface area contributed by atoms with Crippen LogP contribution in [-0.4, -0.2) is 17.6 Å². The first-order valence-corrected chi connectivity index (χ1v) is 12.3. The molecule has 2 nitrogen and oxygen atoms in total. The van der Waals surface area contributed by atoms with Crippen LogP contribution in [0.5, 0.6) is 0 Å². The molecule has 0 aromatic carbocycles. The molecule has 0 aliphatic rings. The van der Waals surface area contributed by atoms with Gasteiger partial charge in [0, 0.05) is 12.6 Å². The van der Waals surface area contributed by atoms with E-state index >= 15 is 0 Å². The number of hydrazine groups is 1. The van der Waals surface area contributed by atoms with Crippen molar-refractivity contribution in [1.29, 1.82) is 0 Å². The number of hydrogen-bond donors (Lipinski definition) is 1. The third kappa shape index (κ3) is 17.3. The molecule has 1 atom stereocenters. The zero-order valence-electron chi connectivity index (χ0n) is 18.7. The molecule has 26 heavy (non-hydrogen) atoms. The molecule has 0 amide bonds. The molecule has 1 unspecified atom stereocenters. The minimum absolute atomic E-state index is 0.623. The number of nitrogens with two attached hydrogens (primary N) is 1. The number of rotatable bonds is 21. The van der Waals surface area contributed by atoms with Gasteiger partial charge < -0.3 is 0 Å². The lowest BCUT2D eigenvalue weighted by Gasteiger charge is -2.28. The van der Waals surface area contributed by atoms with E-state index in [-0.39, 0.29) is 0 Å². The molecule has 0 fully saturated rings. The van der Waals surface area contributed by atoms with Crippen LogP contribution in [0.1, 0.15) is 143 Å². The second-order valence-corrected chi connectivity index (χ2v) is 8.42. The Balaban J connectivity index is 3.87. The van der Waals surface area contributed by atoms with Crippen molar-refractivity contribution >= 4 is 0 Å². The maximum Gasteiger partial charge on any atom is 0.0241 e. The third-order valence-electron chi connectivity index (χ3n) is 5.77. The van der Waals surface area contributed by atoms with E-state index in [4.69, 9.17) is 5.84 Å². The Morgan fingerprint density at radius 1 is 0.500 bits per heavy atom. The zero-order valence-corrected chi connectivity index (χ0v) is 18.7. The largest absolute Gasteiger partial charge is 0.269 e. The average Bonchev–Trinajstić information content (AvgIpc) is 2.65. The fraction of sp³-hybridized carbons (Fsp3) is 1.00. The van der Waals surface area contributed by atoms with Crippen LogP contribution in [0.4, 0.5) is 0 Å². The molecule has 2 N–H and O–H groups in total. The SMILES string of the molecule is CCCCCCCCCCCC(CCCCCC)N(N)CCCCCC. The smallest absolute Gasteiger partial charge is 0.0241 e. The van der Waals surface area contributed by atoms with Gasteiger partial charge in [-0.15, -0.1) is 0 Å². The molecule has 0 radical (unpaired) electrons. The Morgan fingerprint density at radius 2 is 0.846 bits per heavy atom. The van der Waals surface area contributed by atoms with E-state index in [0.29, 0.717) is 6.04 Å². The van der Waals surface area contributed by atoms with Gasteiger partial charge in [-0.25, -0.2) is 5.01 Å². The van der Waals surface area contributed by atoms with Crippen LogP contribution < -0.4 is 5.84 Å². The van der Waals surface area contributed by atoms with Gasteiger partial charge in [0.2, 0.25) is 0 Å². The molecule has 0 spiro atoms. The monoisotopic (exact) mass is 368 g/mol. The third-order valence-corrected chi connectivity index (χ3v) is 5.77. The van der Waals surface area contributed by atoms with Crippen LogP contribution in [-0.2, 0) is 0 Å².